The summed E-state index contributed by atoms with van der Waals surface area (Å²) in [7, 11) is 3.73. The van der Waals surface area contributed by atoms with Crippen LogP contribution in [0.25, 0.3) is 0 Å². The smallest absolute Gasteiger partial charge is 0.325 e. The number of carbonyl (C=O) groups is 4. The van der Waals surface area contributed by atoms with Crippen molar-refractivity contribution >= 4 is 52.3 Å². The van der Waals surface area contributed by atoms with Crippen LogP contribution in [0.4, 0.5) is 17.1 Å². The van der Waals surface area contributed by atoms with Crippen molar-refractivity contribution < 1.29 is 33.4 Å². The lowest BCUT2D eigenvalue weighted by atomic mass is 10.0. The third-order valence-corrected chi connectivity index (χ3v) is 6.80. The van der Waals surface area contributed by atoms with E-state index in [2.05, 4.69) is 9.69 Å². The Morgan fingerprint density at radius 3 is 2.38 bits per heavy atom. The number of amides is 3. The first-order chi connectivity index (χ1) is 19.1. The van der Waals surface area contributed by atoms with Gasteiger partial charge in [0, 0.05) is 31.5 Å². The molecule has 14 heteroatoms. The van der Waals surface area contributed by atoms with Crippen LogP contribution < -0.4 is 36.1 Å². The molecule has 0 radical (unpaired) electrons. The molecule has 0 spiro atoms. The number of rotatable bonds is 10. The molecule has 210 valence electrons. The molecule has 0 saturated carbocycles. The molecular formula is C26H28N6O7S. The van der Waals surface area contributed by atoms with Crippen molar-refractivity contribution in [2.75, 3.05) is 49.6 Å². The van der Waals surface area contributed by atoms with E-state index in [9.17, 15) is 19.2 Å². The Labute approximate surface area is 233 Å². The molecule has 1 aliphatic rings. The minimum Gasteiger partial charge on any atom is -0.465 e. The highest BCUT2D eigenvalue weighted by Gasteiger charge is 2.37. The Balaban J connectivity index is 1.85. The highest BCUT2D eigenvalue weighted by molar-refractivity contribution is 7.09. The number of aromatic nitrogens is 1. The van der Waals surface area contributed by atoms with Crippen molar-refractivity contribution in [1.82, 2.24) is 9.69 Å². The topological polar surface area (TPSA) is 179 Å². The molecule has 13 nitrogen and oxygen atoms in total. The number of benzene rings is 2. The molecule has 1 aromatic heterocycles. The molecule has 0 fully saturated rings. The number of fused-ring (bicyclic) bond motifs is 1. The maximum atomic E-state index is 14.1. The van der Waals surface area contributed by atoms with Crippen LogP contribution in [0.3, 0.4) is 0 Å². The molecule has 5 N–H and O–H groups in total. The fraction of sp³-hybridized carbons (Fsp3) is 0.269. The second kappa shape index (κ2) is 11.9. The summed E-state index contributed by atoms with van der Waals surface area (Å²) >= 11 is 0.681. The van der Waals surface area contributed by atoms with Gasteiger partial charge in [-0.15, -0.1) is 0 Å². The van der Waals surface area contributed by atoms with Gasteiger partial charge in [-0.05, 0) is 48.3 Å². The van der Waals surface area contributed by atoms with E-state index in [1.54, 1.807) is 49.4 Å². The number of hydrogen-bond acceptors (Lipinski definition) is 11. The van der Waals surface area contributed by atoms with Crippen LogP contribution in [-0.4, -0.2) is 62.1 Å². The number of nitrogens with one attached hydrogen (secondary N) is 1. The monoisotopic (exact) mass is 568 g/mol. The molecule has 2 aromatic carbocycles. The summed E-state index contributed by atoms with van der Waals surface area (Å²) in [5, 5.41) is 2.56. The predicted molar refractivity (Wildman–Crippen MR) is 148 cm³/mol. The fourth-order valence-corrected chi connectivity index (χ4v) is 4.74. The van der Waals surface area contributed by atoms with Gasteiger partial charge in [0.05, 0.1) is 12.3 Å². The van der Waals surface area contributed by atoms with Gasteiger partial charge >= 0.3 is 5.97 Å². The highest BCUT2D eigenvalue weighted by atomic mass is 32.1. The molecule has 1 aliphatic heterocycles. The SMILES string of the molecule is CCOC(=O)CNC(=O)[C@@H](c1ccc(N(C)C)cc1)N(C(=O)c1snc(C(N)=O)c1N)c1ccc2c(c1)OCO2. The van der Waals surface area contributed by atoms with Gasteiger partial charge in [0.25, 0.3) is 11.8 Å². The van der Waals surface area contributed by atoms with Crippen molar-refractivity contribution in [3.05, 3.63) is 58.6 Å². The highest BCUT2D eigenvalue weighted by Crippen LogP contribution is 2.40. The molecule has 2 heterocycles. The summed E-state index contributed by atoms with van der Waals surface area (Å²) in [6.45, 7) is 1.36. The van der Waals surface area contributed by atoms with Crippen molar-refractivity contribution in [2.45, 2.75) is 13.0 Å². The lowest BCUT2D eigenvalue weighted by Gasteiger charge is -2.31. The van der Waals surface area contributed by atoms with Crippen LogP contribution in [0.1, 0.15) is 38.7 Å². The first-order valence-corrected chi connectivity index (χ1v) is 12.9. The van der Waals surface area contributed by atoms with Gasteiger partial charge in [0.15, 0.2) is 17.2 Å². The van der Waals surface area contributed by atoms with Gasteiger partial charge in [-0.2, -0.15) is 4.37 Å². The Kier molecular flexibility index (Phi) is 8.38. The number of esters is 1. The number of carbonyl (C=O) groups excluding carboxylic acids is 4. The van der Waals surface area contributed by atoms with Gasteiger partial charge in [-0.25, -0.2) is 0 Å². The van der Waals surface area contributed by atoms with Crippen molar-refractivity contribution in [3.63, 3.8) is 0 Å². The van der Waals surface area contributed by atoms with Crippen molar-refractivity contribution in [1.29, 1.82) is 0 Å². The Morgan fingerprint density at radius 1 is 1.07 bits per heavy atom. The van der Waals surface area contributed by atoms with E-state index in [-0.39, 0.29) is 35.3 Å². The van der Waals surface area contributed by atoms with Gasteiger partial charge in [-0.3, -0.25) is 24.1 Å². The quantitative estimate of drug-likeness (QED) is 0.305. The van der Waals surface area contributed by atoms with Crippen LogP contribution in [0.15, 0.2) is 42.5 Å². The molecule has 0 aliphatic carbocycles. The zero-order valence-corrected chi connectivity index (χ0v) is 22.8. The number of anilines is 3. The first kappa shape index (κ1) is 28.2. The summed E-state index contributed by atoms with van der Waals surface area (Å²) < 4.78 is 19.8. The summed E-state index contributed by atoms with van der Waals surface area (Å²) in [6, 6.07) is 10.4. The Morgan fingerprint density at radius 2 is 1.75 bits per heavy atom. The second-order valence-corrected chi connectivity index (χ2v) is 9.54. The minimum absolute atomic E-state index is 0.00799. The molecule has 0 unspecified atom stereocenters. The average molecular weight is 569 g/mol. The zero-order chi connectivity index (χ0) is 29.0. The largest absolute Gasteiger partial charge is 0.465 e. The van der Waals surface area contributed by atoms with Gasteiger partial charge in [0.1, 0.15) is 17.5 Å². The minimum atomic E-state index is -1.29. The van der Waals surface area contributed by atoms with E-state index in [1.165, 1.54) is 4.90 Å². The Bertz CT molecular complexity index is 1440. The molecular weight excluding hydrogens is 540 g/mol. The van der Waals surface area contributed by atoms with Crippen LogP contribution >= 0.6 is 11.5 Å². The van der Waals surface area contributed by atoms with Crippen LogP contribution in [0, 0.1) is 0 Å². The lowest BCUT2D eigenvalue weighted by molar-refractivity contribution is -0.143. The van der Waals surface area contributed by atoms with E-state index in [1.807, 2.05) is 19.0 Å². The number of ether oxygens (including phenoxy) is 3. The molecule has 40 heavy (non-hydrogen) atoms. The summed E-state index contributed by atoms with van der Waals surface area (Å²) in [5.74, 6) is -2.12. The van der Waals surface area contributed by atoms with E-state index >= 15 is 0 Å². The van der Waals surface area contributed by atoms with E-state index in [0.29, 0.717) is 28.6 Å². The van der Waals surface area contributed by atoms with E-state index in [4.69, 9.17) is 25.7 Å². The Hall–Kier alpha value is -4.85. The lowest BCUT2D eigenvalue weighted by Crippen LogP contribution is -2.45. The third-order valence-electron chi connectivity index (χ3n) is 5.95. The first-order valence-electron chi connectivity index (χ1n) is 12.1. The summed E-state index contributed by atoms with van der Waals surface area (Å²) in [4.78, 5) is 54.7. The molecule has 0 bridgehead atoms. The van der Waals surface area contributed by atoms with E-state index < -0.39 is 36.3 Å². The number of primary amides is 1. The molecule has 3 amide bonds. The maximum absolute atomic E-state index is 14.1. The normalized spacial score (nSPS) is 12.4. The second-order valence-electron chi connectivity index (χ2n) is 8.76. The fourth-order valence-electron chi connectivity index (χ4n) is 4.00. The third kappa shape index (κ3) is 5.76. The zero-order valence-electron chi connectivity index (χ0n) is 22.0. The summed E-state index contributed by atoms with van der Waals surface area (Å²) in [6.07, 6.45) is 0. The number of hydrogen-bond donors (Lipinski definition) is 3. The van der Waals surface area contributed by atoms with E-state index in [0.717, 1.165) is 5.69 Å². The number of nitrogens with zero attached hydrogens (tertiary/aromatic N) is 3. The van der Waals surface area contributed by atoms with Crippen LogP contribution in [0.5, 0.6) is 11.5 Å². The van der Waals surface area contributed by atoms with Gasteiger partial charge in [0.2, 0.25) is 12.7 Å². The van der Waals surface area contributed by atoms with Crippen LogP contribution in [-0.2, 0) is 14.3 Å². The number of nitrogen functional groups attached to an aromatic ring is 1. The van der Waals surface area contributed by atoms with Crippen LogP contribution in [0.2, 0.25) is 0 Å². The summed E-state index contributed by atoms with van der Waals surface area (Å²) in [5.41, 5.74) is 12.5. The average Bonchev–Trinajstić information content (AvgIpc) is 3.56. The standard InChI is InChI=1S/C26H28N6O7S/c1-4-37-19(33)12-29-25(35)22(14-5-7-15(8-6-14)31(2)3)32(16-9-10-17-18(11-16)39-13-38-17)26(36)23-20(27)21(24(28)34)30-40-23/h5-11,22H,4,12-13,27H2,1-3H3,(H2,28,34)(H,29,35)/t22-/m1/s1. The molecule has 3 aromatic rings. The van der Waals surface area contributed by atoms with Crippen molar-refractivity contribution in [3.8, 4) is 11.5 Å². The molecule has 0 saturated heterocycles. The molecule has 1 atom stereocenters. The predicted octanol–water partition coefficient (Wildman–Crippen LogP) is 1.69. The van der Waals surface area contributed by atoms with Gasteiger partial charge < -0.3 is 35.9 Å². The number of nitrogens with two attached hydrogens (primary N) is 2. The van der Waals surface area contributed by atoms with Crippen molar-refractivity contribution in [2.24, 2.45) is 5.73 Å². The maximum Gasteiger partial charge on any atom is 0.325 e. The molecule has 4 rings (SSSR count). The van der Waals surface area contributed by atoms with Gasteiger partial charge in [-0.1, -0.05) is 12.1 Å².